The van der Waals surface area contributed by atoms with E-state index in [4.69, 9.17) is 5.84 Å². The van der Waals surface area contributed by atoms with Gasteiger partial charge in [0.05, 0.1) is 0 Å². The van der Waals surface area contributed by atoms with E-state index in [2.05, 4.69) is 29.3 Å². The molecule has 0 aromatic heterocycles. The molecular weight excluding hydrogens is 228 g/mol. The second-order valence-electron chi connectivity index (χ2n) is 5.42. The Morgan fingerprint density at radius 3 is 2.83 bits per heavy atom. The highest BCUT2D eigenvalue weighted by Crippen LogP contribution is 2.15. The number of amides is 1. The number of nitrogens with two attached hydrogens (primary N) is 1. The van der Waals surface area contributed by atoms with Gasteiger partial charge in [-0.05, 0) is 52.9 Å². The van der Waals surface area contributed by atoms with Crippen LogP contribution in [0.1, 0.15) is 38.5 Å². The highest BCUT2D eigenvalue weighted by molar-refractivity contribution is 5.74. The van der Waals surface area contributed by atoms with Crippen LogP contribution in [0.3, 0.4) is 0 Å². The molecule has 0 spiro atoms. The summed E-state index contributed by atoms with van der Waals surface area (Å²) < 4.78 is 0. The van der Waals surface area contributed by atoms with Crippen molar-refractivity contribution in [3.05, 3.63) is 0 Å². The first kappa shape index (κ1) is 15.4. The van der Waals surface area contributed by atoms with Crippen LogP contribution in [0.4, 0.5) is 0 Å². The van der Waals surface area contributed by atoms with Crippen LogP contribution in [0.5, 0.6) is 0 Å². The van der Waals surface area contributed by atoms with Gasteiger partial charge in [0, 0.05) is 19.0 Å². The van der Waals surface area contributed by atoms with E-state index in [1.807, 2.05) is 0 Å². The Morgan fingerprint density at radius 2 is 2.22 bits per heavy atom. The van der Waals surface area contributed by atoms with Crippen molar-refractivity contribution in [2.45, 2.75) is 44.6 Å². The zero-order valence-electron chi connectivity index (χ0n) is 11.8. The van der Waals surface area contributed by atoms with Crippen molar-refractivity contribution in [3.8, 4) is 0 Å². The lowest BCUT2D eigenvalue weighted by molar-refractivity contribution is -0.121. The number of likely N-dealkylation sites (N-methyl/N-ethyl adjacent to an activating group) is 2. The van der Waals surface area contributed by atoms with Crippen LogP contribution >= 0.6 is 0 Å². The largest absolute Gasteiger partial charge is 0.305 e. The molecule has 1 aliphatic heterocycles. The summed E-state index contributed by atoms with van der Waals surface area (Å²) in [4.78, 5) is 15.8. The second-order valence-corrected chi connectivity index (χ2v) is 5.42. The van der Waals surface area contributed by atoms with Gasteiger partial charge in [0.1, 0.15) is 0 Å². The minimum Gasteiger partial charge on any atom is -0.305 e. The van der Waals surface area contributed by atoms with Crippen molar-refractivity contribution in [1.82, 2.24) is 15.2 Å². The Morgan fingerprint density at radius 1 is 1.44 bits per heavy atom. The van der Waals surface area contributed by atoms with Crippen LogP contribution in [0.25, 0.3) is 0 Å². The Hall–Kier alpha value is -0.650. The van der Waals surface area contributed by atoms with E-state index in [1.54, 1.807) is 0 Å². The molecule has 0 aromatic carbocycles. The molecule has 1 fully saturated rings. The smallest absolute Gasteiger partial charge is 0.233 e. The SMILES string of the molecule is CN(CCCCCC(=O)NN)CC1CCCN1C. The summed E-state index contributed by atoms with van der Waals surface area (Å²) in [6.45, 7) is 3.53. The first-order valence-corrected chi connectivity index (χ1v) is 7.01. The van der Waals surface area contributed by atoms with Crippen LogP contribution in [-0.2, 0) is 4.79 Å². The average Bonchev–Trinajstić information content (AvgIpc) is 2.74. The minimum absolute atomic E-state index is 0.0593. The van der Waals surface area contributed by atoms with E-state index in [0.29, 0.717) is 6.42 Å². The van der Waals surface area contributed by atoms with Gasteiger partial charge in [-0.1, -0.05) is 6.42 Å². The molecule has 1 heterocycles. The van der Waals surface area contributed by atoms with Gasteiger partial charge in [-0.3, -0.25) is 10.2 Å². The normalized spacial score (nSPS) is 20.6. The maximum atomic E-state index is 10.9. The number of carbonyl (C=O) groups excluding carboxylic acids is 1. The summed E-state index contributed by atoms with van der Waals surface area (Å²) in [5.74, 6) is 4.97. The Labute approximate surface area is 111 Å². The third-order valence-electron chi connectivity index (χ3n) is 3.80. The highest BCUT2D eigenvalue weighted by atomic mass is 16.2. The molecule has 3 N–H and O–H groups in total. The van der Waals surface area contributed by atoms with Gasteiger partial charge in [0.25, 0.3) is 0 Å². The van der Waals surface area contributed by atoms with Crippen LogP contribution < -0.4 is 11.3 Å². The summed E-state index contributed by atoms with van der Waals surface area (Å²) in [7, 11) is 4.41. The molecule has 1 aliphatic rings. The van der Waals surface area contributed by atoms with E-state index in [-0.39, 0.29) is 5.91 Å². The quantitative estimate of drug-likeness (QED) is 0.288. The summed E-state index contributed by atoms with van der Waals surface area (Å²) in [5.41, 5.74) is 2.16. The average molecular weight is 256 g/mol. The van der Waals surface area contributed by atoms with Crippen molar-refractivity contribution in [3.63, 3.8) is 0 Å². The fourth-order valence-electron chi connectivity index (χ4n) is 2.58. The van der Waals surface area contributed by atoms with Crippen molar-refractivity contribution in [2.24, 2.45) is 5.84 Å². The maximum absolute atomic E-state index is 10.9. The van der Waals surface area contributed by atoms with Gasteiger partial charge >= 0.3 is 0 Å². The van der Waals surface area contributed by atoms with E-state index in [9.17, 15) is 4.79 Å². The second kappa shape index (κ2) is 8.45. The molecule has 5 heteroatoms. The molecule has 1 amide bonds. The number of carbonyl (C=O) groups is 1. The Bertz CT molecular complexity index is 247. The standard InChI is InChI=1S/C13H28N4O/c1-16(11-12-7-6-10-17(12)2)9-5-3-4-8-13(18)15-14/h12H,3-11,14H2,1-2H3,(H,15,18). The summed E-state index contributed by atoms with van der Waals surface area (Å²) >= 11 is 0. The van der Waals surface area contributed by atoms with Gasteiger partial charge in [-0.25, -0.2) is 5.84 Å². The van der Waals surface area contributed by atoms with Gasteiger partial charge < -0.3 is 9.80 Å². The van der Waals surface area contributed by atoms with Crippen molar-refractivity contribution in [2.75, 3.05) is 33.7 Å². The zero-order valence-corrected chi connectivity index (χ0v) is 11.8. The third kappa shape index (κ3) is 5.80. The van der Waals surface area contributed by atoms with E-state index >= 15 is 0 Å². The van der Waals surface area contributed by atoms with Crippen molar-refractivity contribution >= 4 is 5.91 Å². The molecule has 1 unspecified atom stereocenters. The molecule has 0 radical (unpaired) electrons. The fraction of sp³-hybridized carbons (Fsp3) is 0.923. The monoisotopic (exact) mass is 256 g/mol. The first-order chi connectivity index (χ1) is 8.63. The van der Waals surface area contributed by atoms with E-state index in [0.717, 1.165) is 31.8 Å². The molecule has 1 atom stereocenters. The molecule has 0 aromatic rings. The topological polar surface area (TPSA) is 61.6 Å². The van der Waals surface area contributed by atoms with Gasteiger partial charge in [-0.15, -0.1) is 0 Å². The Balaban J connectivity index is 1.99. The summed E-state index contributed by atoms with van der Waals surface area (Å²) in [5, 5.41) is 0. The number of nitrogens with zero attached hydrogens (tertiary/aromatic N) is 2. The lowest BCUT2D eigenvalue weighted by Gasteiger charge is -2.25. The lowest BCUT2D eigenvalue weighted by Crippen LogP contribution is -2.37. The number of unbranched alkanes of at least 4 members (excludes halogenated alkanes) is 2. The minimum atomic E-state index is -0.0593. The predicted octanol–water partition coefficient (Wildman–Crippen LogP) is 0.563. The molecule has 0 aliphatic carbocycles. The summed E-state index contributed by atoms with van der Waals surface area (Å²) in [6.07, 6.45) is 6.40. The first-order valence-electron chi connectivity index (χ1n) is 7.01. The zero-order chi connectivity index (χ0) is 13.4. The predicted molar refractivity (Wildman–Crippen MR) is 73.9 cm³/mol. The van der Waals surface area contributed by atoms with Gasteiger partial charge in [-0.2, -0.15) is 0 Å². The molecule has 18 heavy (non-hydrogen) atoms. The Kier molecular flexibility index (Phi) is 7.23. The third-order valence-corrected chi connectivity index (χ3v) is 3.80. The van der Waals surface area contributed by atoms with Crippen molar-refractivity contribution < 1.29 is 4.79 Å². The highest BCUT2D eigenvalue weighted by Gasteiger charge is 2.21. The molecule has 0 saturated carbocycles. The van der Waals surface area contributed by atoms with Crippen LogP contribution in [0.2, 0.25) is 0 Å². The number of nitrogens with one attached hydrogen (secondary N) is 1. The molecule has 106 valence electrons. The van der Waals surface area contributed by atoms with E-state index in [1.165, 1.54) is 25.9 Å². The molecule has 0 bridgehead atoms. The number of likely N-dealkylation sites (tertiary alicyclic amines) is 1. The molecule has 1 saturated heterocycles. The summed E-state index contributed by atoms with van der Waals surface area (Å²) in [6, 6.07) is 0.734. The fourth-order valence-corrected chi connectivity index (χ4v) is 2.58. The number of hydrazine groups is 1. The number of rotatable bonds is 8. The lowest BCUT2D eigenvalue weighted by atomic mass is 10.1. The molecule has 1 rings (SSSR count). The number of hydrogen-bond acceptors (Lipinski definition) is 4. The maximum Gasteiger partial charge on any atom is 0.233 e. The number of hydrogen-bond donors (Lipinski definition) is 2. The molecular formula is C13H28N4O. The van der Waals surface area contributed by atoms with Crippen LogP contribution in [-0.4, -0.2) is 55.5 Å². The van der Waals surface area contributed by atoms with Crippen LogP contribution in [0, 0.1) is 0 Å². The molecule has 5 nitrogen and oxygen atoms in total. The van der Waals surface area contributed by atoms with E-state index < -0.39 is 0 Å². The van der Waals surface area contributed by atoms with Crippen molar-refractivity contribution in [1.29, 1.82) is 0 Å². The van der Waals surface area contributed by atoms with Gasteiger partial charge in [0.2, 0.25) is 5.91 Å². The van der Waals surface area contributed by atoms with Gasteiger partial charge in [0.15, 0.2) is 0 Å². The van der Waals surface area contributed by atoms with Crippen LogP contribution in [0.15, 0.2) is 0 Å².